The second-order valence-corrected chi connectivity index (χ2v) is 3.58. The van der Waals surface area contributed by atoms with Crippen LogP contribution in [-0.2, 0) is 6.42 Å². The minimum Gasteiger partial charge on any atom is -0.0874 e. The summed E-state index contributed by atoms with van der Waals surface area (Å²) in [5.74, 6) is 0. The van der Waals surface area contributed by atoms with Gasteiger partial charge in [-0.05, 0) is 38.3 Å². The maximum Gasteiger partial charge on any atom is -0.00891 e. The van der Waals surface area contributed by atoms with Gasteiger partial charge in [0.15, 0.2) is 0 Å². The zero-order valence-electron chi connectivity index (χ0n) is 9.25. The molecule has 0 saturated heterocycles. The largest absolute Gasteiger partial charge is 0.0874 e. The molecule has 1 rings (SSSR count). The van der Waals surface area contributed by atoms with Crippen LogP contribution in [0, 0.1) is 6.92 Å². The van der Waals surface area contributed by atoms with Crippen molar-refractivity contribution < 1.29 is 0 Å². The normalized spacial score (nSPS) is 12.4. The molecule has 0 radical (unpaired) electrons. The van der Waals surface area contributed by atoms with Gasteiger partial charge in [-0.1, -0.05) is 48.1 Å². The van der Waals surface area contributed by atoms with Crippen molar-refractivity contribution in [3.05, 3.63) is 59.2 Å². The Bertz CT molecular complexity index is 343. The van der Waals surface area contributed by atoms with E-state index in [9.17, 15) is 0 Å². The van der Waals surface area contributed by atoms with Crippen LogP contribution in [0.25, 0.3) is 0 Å². The highest BCUT2D eigenvalue weighted by Crippen LogP contribution is 2.09. The Hall–Kier alpha value is -1.30. The molecular formula is C14H18. The summed E-state index contributed by atoms with van der Waals surface area (Å²) in [6.45, 7) is 6.34. The smallest absolute Gasteiger partial charge is 0.00891 e. The molecule has 0 atom stereocenters. The lowest BCUT2D eigenvalue weighted by atomic mass is 10.0. The number of rotatable bonds is 3. The lowest BCUT2D eigenvalue weighted by Gasteiger charge is -2.01. The van der Waals surface area contributed by atoms with Crippen LogP contribution in [-0.4, -0.2) is 0 Å². The van der Waals surface area contributed by atoms with E-state index in [4.69, 9.17) is 0 Å². The molecule has 0 fully saturated rings. The molecule has 0 aromatic heterocycles. The summed E-state index contributed by atoms with van der Waals surface area (Å²) in [5, 5.41) is 0. The highest BCUT2D eigenvalue weighted by atomic mass is 14.0. The number of hydrogen-bond donors (Lipinski definition) is 0. The first-order chi connectivity index (χ1) is 6.74. The van der Waals surface area contributed by atoms with E-state index >= 15 is 0 Å². The van der Waals surface area contributed by atoms with Gasteiger partial charge in [0.25, 0.3) is 0 Å². The van der Waals surface area contributed by atoms with Crippen molar-refractivity contribution in [1.82, 2.24) is 0 Å². The van der Waals surface area contributed by atoms with Gasteiger partial charge in [0.2, 0.25) is 0 Å². The van der Waals surface area contributed by atoms with E-state index in [2.05, 4.69) is 56.3 Å². The van der Waals surface area contributed by atoms with E-state index in [0.29, 0.717) is 0 Å². The maximum absolute atomic E-state index is 2.27. The summed E-state index contributed by atoms with van der Waals surface area (Å²) in [7, 11) is 0. The van der Waals surface area contributed by atoms with Crippen LogP contribution in [0.4, 0.5) is 0 Å². The maximum atomic E-state index is 2.27. The Morgan fingerprint density at radius 3 is 2.64 bits per heavy atom. The molecule has 0 aliphatic rings. The van der Waals surface area contributed by atoms with Crippen LogP contribution >= 0.6 is 0 Å². The standard InChI is InChI=1S/C14H18/c1-4-7-12(2)10-11-14-9-6-5-8-13(14)3/h4-10H,11H2,1-3H3/b7-4-,12-10?. The molecule has 0 unspecified atom stereocenters. The molecule has 0 heteroatoms. The fraction of sp³-hybridized carbons (Fsp3) is 0.286. The van der Waals surface area contributed by atoms with Gasteiger partial charge in [-0.25, -0.2) is 0 Å². The van der Waals surface area contributed by atoms with Crippen LogP contribution in [0.1, 0.15) is 25.0 Å². The molecule has 0 saturated carbocycles. The molecule has 0 nitrogen and oxygen atoms in total. The van der Waals surface area contributed by atoms with Gasteiger partial charge in [0, 0.05) is 0 Å². The summed E-state index contributed by atoms with van der Waals surface area (Å²) < 4.78 is 0. The molecule has 0 N–H and O–H groups in total. The second kappa shape index (κ2) is 5.43. The van der Waals surface area contributed by atoms with Gasteiger partial charge in [-0.15, -0.1) is 0 Å². The lowest BCUT2D eigenvalue weighted by molar-refractivity contribution is 1.19. The van der Waals surface area contributed by atoms with Gasteiger partial charge >= 0.3 is 0 Å². The molecule has 1 aromatic carbocycles. The minimum atomic E-state index is 1.03. The van der Waals surface area contributed by atoms with Crippen LogP contribution in [0.2, 0.25) is 0 Å². The molecule has 1 aromatic rings. The molecule has 0 aliphatic carbocycles. The summed E-state index contributed by atoms with van der Waals surface area (Å²) in [5.41, 5.74) is 4.11. The Morgan fingerprint density at radius 1 is 1.29 bits per heavy atom. The fourth-order valence-electron chi connectivity index (χ4n) is 1.44. The Kier molecular flexibility index (Phi) is 4.18. The summed E-state index contributed by atoms with van der Waals surface area (Å²) in [4.78, 5) is 0. The lowest BCUT2D eigenvalue weighted by Crippen LogP contribution is -1.86. The number of hydrogen-bond acceptors (Lipinski definition) is 0. The Labute approximate surface area is 87.0 Å². The highest BCUT2D eigenvalue weighted by Gasteiger charge is 1.93. The van der Waals surface area contributed by atoms with Gasteiger partial charge < -0.3 is 0 Å². The van der Waals surface area contributed by atoms with Crippen molar-refractivity contribution in [3.63, 3.8) is 0 Å². The van der Waals surface area contributed by atoms with Crippen molar-refractivity contribution in [1.29, 1.82) is 0 Å². The van der Waals surface area contributed by atoms with E-state index in [1.807, 2.05) is 6.92 Å². The van der Waals surface area contributed by atoms with Gasteiger partial charge in [0.05, 0.1) is 0 Å². The zero-order chi connectivity index (χ0) is 10.4. The van der Waals surface area contributed by atoms with E-state index in [1.165, 1.54) is 16.7 Å². The van der Waals surface area contributed by atoms with Crippen LogP contribution < -0.4 is 0 Å². The third-order valence-corrected chi connectivity index (χ3v) is 2.33. The zero-order valence-corrected chi connectivity index (χ0v) is 9.25. The SMILES string of the molecule is C/C=C\C(C)=CCc1ccccc1C. The molecule has 0 bridgehead atoms. The van der Waals surface area contributed by atoms with Crippen molar-refractivity contribution in [2.45, 2.75) is 27.2 Å². The number of benzene rings is 1. The second-order valence-electron chi connectivity index (χ2n) is 3.58. The van der Waals surface area contributed by atoms with Gasteiger partial charge in [-0.2, -0.15) is 0 Å². The fourth-order valence-corrected chi connectivity index (χ4v) is 1.44. The first-order valence-electron chi connectivity index (χ1n) is 5.08. The van der Waals surface area contributed by atoms with Gasteiger partial charge in [-0.3, -0.25) is 0 Å². The molecule has 0 spiro atoms. The number of aryl methyl sites for hydroxylation is 1. The van der Waals surface area contributed by atoms with E-state index in [0.717, 1.165) is 6.42 Å². The van der Waals surface area contributed by atoms with E-state index in [1.54, 1.807) is 0 Å². The third-order valence-electron chi connectivity index (χ3n) is 2.33. The highest BCUT2D eigenvalue weighted by molar-refractivity contribution is 5.29. The van der Waals surface area contributed by atoms with Crippen molar-refractivity contribution in [2.75, 3.05) is 0 Å². The quantitative estimate of drug-likeness (QED) is 0.624. The predicted molar refractivity (Wildman–Crippen MR) is 63.5 cm³/mol. The molecular weight excluding hydrogens is 168 g/mol. The summed E-state index contributed by atoms with van der Waals surface area (Å²) >= 11 is 0. The molecule has 14 heavy (non-hydrogen) atoms. The molecule has 0 aliphatic heterocycles. The molecule has 0 amide bonds. The van der Waals surface area contributed by atoms with E-state index < -0.39 is 0 Å². The summed E-state index contributed by atoms with van der Waals surface area (Å²) in [6, 6.07) is 8.53. The topological polar surface area (TPSA) is 0 Å². The first-order valence-corrected chi connectivity index (χ1v) is 5.08. The van der Waals surface area contributed by atoms with Crippen molar-refractivity contribution in [2.24, 2.45) is 0 Å². The van der Waals surface area contributed by atoms with E-state index in [-0.39, 0.29) is 0 Å². The average molecular weight is 186 g/mol. The summed E-state index contributed by atoms with van der Waals surface area (Å²) in [6.07, 6.45) is 7.51. The Morgan fingerprint density at radius 2 is 2.00 bits per heavy atom. The van der Waals surface area contributed by atoms with Crippen LogP contribution in [0.15, 0.2) is 48.1 Å². The predicted octanol–water partition coefficient (Wildman–Crippen LogP) is 4.06. The molecule has 0 heterocycles. The third kappa shape index (κ3) is 3.21. The van der Waals surface area contributed by atoms with Crippen molar-refractivity contribution in [3.8, 4) is 0 Å². The van der Waals surface area contributed by atoms with Gasteiger partial charge in [0.1, 0.15) is 0 Å². The number of allylic oxidation sites excluding steroid dienone is 4. The van der Waals surface area contributed by atoms with Crippen LogP contribution in [0.3, 0.4) is 0 Å². The average Bonchev–Trinajstić information content (AvgIpc) is 2.17. The molecule has 74 valence electrons. The monoisotopic (exact) mass is 186 g/mol. The van der Waals surface area contributed by atoms with Crippen molar-refractivity contribution >= 4 is 0 Å². The first kappa shape index (κ1) is 10.8. The minimum absolute atomic E-state index is 1.03. The van der Waals surface area contributed by atoms with Crippen LogP contribution in [0.5, 0.6) is 0 Å². The Balaban J connectivity index is 2.71.